The molecule has 16 heavy (non-hydrogen) atoms. The third-order valence-corrected chi connectivity index (χ3v) is 3.02. The Labute approximate surface area is 97.7 Å². The van der Waals surface area contributed by atoms with Crippen molar-refractivity contribution < 1.29 is 14.3 Å². The summed E-state index contributed by atoms with van der Waals surface area (Å²) in [4.78, 5) is 11.0. The second-order valence-corrected chi connectivity index (χ2v) is 5.50. The Hall–Kier alpha value is -0.610. The molecular formula is C12H23NO3. The highest BCUT2D eigenvalue weighted by Crippen LogP contribution is 2.37. The van der Waals surface area contributed by atoms with Crippen molar-refractivity contribution in [3.8, 4) is 0 Å². The van der Waals surface area contributed by atoms with Crippen molar-refractivity contribution in [2.45, 2.75) is 57.8 Å². The monoisotopic (exact) mass is 229 g/mol. The van der Waals surface area contributed by atoms with Crippen LogP contribution in [-0.4, -0.2) is 36.9 Å². The Bertz CT molecular complexity index is 261. The van der Waals surface area contributed by atoms with E-state index in [1.54, 1.807) is 0 Å². The molecule has 1 aliphatic rings. The molecule has 1 aliphatic heterocycles. The zero-order valence-electron chi connectivity index (χ0n) is 10.9. The van der Waals surface area contributed by atoms with Gasteiger partial charge in [-0.3, -0.25) is 4.79 Å². The molecule has 4 heteroatoms. The van der Waals surface area contributed by atoms with Crippen LogP contribution in [0.1, 0.15) is 40.5 Å². The van der Waals surface area contributed by atoms with Gasteiger partial charge in [0.2, 0.25) is 0 Å². The van der Waals surface area contributed by atoms with E-state index in [1.807, 2.05) is 0 Å². The van der Waals surface area contributed by atoms with Gasteiger partial charge < -0.3 is 14.8 Å². The van der Waals surface area contributed by atoms with Gasteiger partial charge in [-0.25, -0.2) is 0 Å². The number of rotatable bonds is 4. The number of hydrogen-bond donors (Lipinski definition) is 1. The van der Waals surface area contributed by atoms with Crippen molar-refractivity contribution in [2.75, 3.05) is 13.7 Å². The molecule has 0 saturated carbocycles. The Morgan fingerprint density at radius 2 is 2.06 bits per heavy atom. The molecule has 0 aromatic carbocycles. The minimum atomic E-state index is -0.181. The van der Waals surface area contributed by atoms with Crippen LogP contribution in [0, 0.1) is 0 Å². The fraction of sp³-hybridized carbons (Fsp3) is 0.917. The maximum atomic E-state index is 11.0. The number of hydrogen-bond acceptors (Lipinski definition) is 4. The van der Waals surface area contributed by atoms with E-state index in [4.69, 9.17) is 4.74 Å². The second kappa shape index (κ2) is 4.72. The summed E-state index contributed by atoms with van der Waals surface area (Å²) in [5.41, 5.74) is -0.272. The molecule has 1 atom stereocenters. The van der Waals surface area contributed by atoms with Gasteiger partial charge in [0.25, 0.3) is 0 Å². The number of nitrogens with one attached hydrogen (secondary N) is 1. The summed E-state index contributed by atoms with van der Waals surface area (Å²) in [6.07, 6.45) is 1.37. The highest BCUT2D eigenvalue weighted by Gasteiger charge is 2.45. The summed E-state index contributed by atoms with van der Waals surface area (Å²) in [6.45, 7) is 8.99. The number of methoxy groups -OCH3 is 1. The lowest BCUT2D eigenvalue weighted by molar-refractivity contribution is -0.140. The van der Waals surface area contributed by atoms with Gasteiger partial charge in [-0.1, -0.05) is 0 Å². The van der Waals surface area contributed by atoms with Gasteiger partial charge in [0.15, 0.2) is 0 Å². The SMILES string of the molecule is COC(=O)CCNC1CC(C)(C)OC1(C)C. The van der Waals surface area contributed by atoms with Crippen molar-refractivity contribution in [2.24, 2.45) is 0 Å². The molecule has 0 amide bonds. The minimum absolute atomic E-state index is 0.0908. The molecular weight excluding hydrogens is 206 g/mol. The van der Waals surface area contributed by atoms with E-state index in [0.29, 0.717) is 13.0 Å². The Balaban J connectivity index is 2.40. The average Bonchev–Trinajstić information content (AvgIpc) is 2.34. The highest BCUT2D eigenvalue weighted by atomic mass is 16.5. The van der Waals surface area contributed by atoms with Crippen LogP contribution < -0.4 is 5.32 Å². The van der Waals surface area contributed by atoms with Crippen molar-refractivity contribution in [1.82, 2.24) is 5.32 Å². The lowest BCUT2D eigenvalue weighted by Crippen LogP contribution is -2.44. The van der Waals surface area contributed by atoms with Crippen LogP contribution >= 0.6 is 0 Å². The molecule has 1 saturated heterocycles. The van der Waals surface area contributed by atoms with Crippen molar-refractivity contribution >= 4 is 5.97 Å². The van der Waals surface area contributed by atoms with Crippen LogP contribution in [0.3, 0.4) is 0 Å². The maximum Gasteiger partial charge on any atom is 0.306 e. The molecule has 0 spiro atoms. The van der Waals surface area contributed by atoms with Crippen LogP contribution in [0.25, 0.3) is 0 Å². The summed E-state index contributed by atoms with van der Waals surface area (Å²) < 4.78 is 10.6. The maximum absolute atomic E-state index is 11.0. The number of carbonyl (C=O) groups excluding carboxylic acids is 1. The summed E-state index contributed by atoms with van der Waals surface area (Å²) in [6, 6.07) is 0.284. The zero-order valence-corrected chi connectivity index (χ0v) is 10.9. The largest absolute Gasteiger partial charge is 0.469 e. The standard InChI is InChI=1S/C12H23NO3/c1-11(2)8-9(12(3,4)16-11)13-7-6-10(14)15-5/h9,13H,6-8H2,1-5H3. The van der Waals surface area contributed by atoms with E-state index < -0.39 is 0 Å². The molecule has 1 unspecified atom stereocenters. The van der Waals surface area contributed by atoms with E-state index >= 15 is 0 Å². The van der Waals surface area contributed by atoms with E-state index in [1.165, 1.54) is 7.11 Å². The van der Waals surface area contributed by atoms with Crippen LogP contribution in [0.2, 0.25) is 0 Å². The van der Waals surface area contributed by atoms with Gasteiger partial charge in [0.05, 0.1) is 24.7 Å². The molecule has 4 nitrogen and oxygen atoms in total. The van der Waals surface area contributed by atoms with Gasteiger partial charge in [-0.05, 0) is 34.1 Å². The summed E-state index contributed by atoms with van der Waals surface area (Å²) in [5, 5.41) is 3.37. The lowest BCUT2D eigenvalue weighted by atomic mass is 9.94. The first kappa shape index (κ1) is 13.5. The summed E-state index contributed by atoms with van der Waals surface area (Å²) >= 11 is 0. The zero-order chi connectivity index (χ0) is 12.4. The van der Waals surface area contributed by atoms with E-state index in [9.17, 15) is 4.79 Å². The van der Waals surface area contributed by atoms with Gasteiger partial charge in [0.1, 0.15) is 0 Å². The van der Waals surface area contributed by atoms with Gasteiger partial charge in [-0.2, -0.15) is 0 Å². The normalized spacial score (nSPS) is 26.7. The third kappa shape index (κ3) is 3.46. The van der Waals surface area contributed by atoms with Crippen LogP contribution in [-0.2, 0) is 14.3 Å². The minimum Gasteiger partial charge on any atom is -0.469 e. The third-order valence-electron chi connectivity index (χ3n) is 3.02. The summed E-state index contributed by atoms with van der Waals surface area (Å²) in [5.74, 6) is -0.177. The molecule has 1 heterocycles. The van der Waals surface area contributed by atoms with Crippen LogP contribution in [0.15, 0.2) is 0 Å². The number of carbonyl (C=O) groups is 1. The average molecular weight is 229 g/mol. The Morgan fingerprint density at radius 1 is 1.44 bits per heavy atom. The molecule has 1 rings (SSSR count). The van der Waals surface area contributed by atoms with Crippen molar-refractivity contribution in [3.05, 3.63) is 0 Å². The van der Waals surface area contributed by atoms with Gasteiger partial charge in [0, 0.05) is 12.6 Å². The van der Waals surface area contributed by atoms with Crippen molar-refractivity contribution in [3.63, 3.8) is 0 Å². The van der Waals surface area contributed by atoms with Crippen molar-refractivity contribution in [1.29, 1.82) is 0 Å². The predicted octanol–water partition coefficient (Wildman–Crippen LogP) is 1.49. The van der Waals surface area contributed by atoms with Gasteiger partial charge in [-0.15, -0.1) is 0 Å². The molecule has 0 aromatic heterocycles. The fourth-order valence-electron chi connectivity index (χ4n) is 2.33. The first-order chi connectivity index (χ1) is 7.27. The van der Waals surface area contributed by atoms with E-state index in [-0.39, 0.29) is 23.2 Å². The topological polar surface area (TPSA) is 47.6 Å². The molecule has 0 aromatic rings. The van der Waals surface area contributed by atoms with Crippen LogP contribution in [0.5, 0.6) is 0 Å². The van der Waals surface area contributed by atoms with Crippen LogP contribution in [0.4, 0.5) is 0 Å². The fourth-order valence-corrected chi connectivity index (χ4v) is 2.33. The smallest absolute Gasteiger partial charge is 0.306 e. The predicted molar refractivity (Wildman–Crippen MR) is 62.3 cm³/mol. The number of esters is 1. The summed E-state index contributed by atoms with van der Waals surface area (Å²) in [7, 11) is 1.41. The second-order valence-electron chi connectivity index (χ2n) is 5.50. The first-order valence-electron chi connectivity index (χ1n) is 5.77. The quantitative estimate of drug-likeness (QED) is 0.742. The lowest BCUT2D eigenvalue weighted by Gasteiger charge is -2.27. The Morgan fingerprint density at radius 3 is 2.50 bits per heavy atom. The molecule has 1 fully saturated rings. The highest BCUT2D eigenvalue weighted by molar-refractivity contribution is 5.69. The van der Waals surface area contributed by atoms with Gasteiger partial charge >= 0.3 is 5.97 Å². The first-order valence-corrected chi connectivity index (χ1v) is 5.77. The van der Waals surface area contributed by atoms with E-state index in [0.717, 1.165) is 6.42 Å². The van der Waals surface area contributed by atoms with E-state index in [2.05, 4.69) is 37.7 Å². The molecule has 0 bridgehead atoms. The Kier molecular flexibility index (Phi) is 3.97. The molecule has 1 N–H and O–H groups in total. The molecule has 0 aliphatic carbocycles. The molecule has 0 radical (unpaired) electrons. The molecule has 94 valence electrons. The number of ether oxygens (including phenoxy) is 2.